The molecule has 1 saturated carbocycles. The van der Waals surface area contributed by atoms with Gasteiger partial charge in [0.05, 0.1) is 0 Å². The van der Waals surface area contributed by atoms with Crippen LogP contribution in [0.3, 0.4) is 0 Å². The van der Waals surface area contributed by atoms with Crippen LogP contribution in [0.1, 0.15) is 65.5 Å². The van der Waals surface area contributed by atoms with Crippen molar-refractivity contribution in [3.05, 3.63) is 16.7 Å². The molecule has 0 unspecified atom stereocenters. The average molecular weight is 280 g/mol. The van der Waals surface area contributed by atoms with Gasteiger partial charge in [0.2, 0.25) is 0 Å². The molecule has 1 aromatic rings. The fraction of sp³-hybridized carbons (Fsp3) is 0.812. The van der Waals surface area contributed by atoms with E-state index in [0.29, 0.717) is 0 Å². The molecule has 0 saturated heterocycles. The molecular formula is C16H28N2S. The standard InChI is InChI=1S/C16H28N2S/c1-12-5-7-13(8-6-12)9-10-18-14(16(2,3)4)11-17-15(18)19/h11-13H,5-10H2,1-4H3,(H,17,19). The molecule has 0 atom stereocenters. The Bertz CT molecular complexity index is 456. The maximum Gasteiger partial charge on any atom is 0.177 e. The van der Waals surface area contributed by atoms with Gasteiger partial charge in [-0.1, -0.05) is 53.4 Å². The quantitative estimate of drug-likeness (QED) is 0.768. The van der Waals surface area contributed by atoms with E-state index in [9.17, 15) is 0 Å². The highest BCUT2D eigenvalue weighted by molar-refractivity contribution is 7.71. The van der Waals surface area contributed by atoms with Crippen molar-refractivity contribution in [3.63, 3.8) is 0 Å². The van der Waals surface area contributed by atoms with Crippen LogP contribution in [0.5, 0.6) is 0 Å². The minimum Gasteiger partial charge on any atom is -0.337 e. The molecule has 1 heterocycles. The van der Waals surface area contributed by atoms with E-state index in [1.165, 1.54) is 37.8 Å². The highest BCUT2D eigenvalue weighted by Crippen LogP contribution is 2.31. The summed E-state index contributed by atoms with van der Waals surface area (Å²) in [6.07, 6.45) is 9.01. The van der Waals surface area contributed by atoms with Gasteiger partial charge in [-0.25, -0.2) is 0 Å². The second kappa shape index (κ2) is 5.82. The summed E-state index contributed by atoms with van der Waals surface area (Å²) in [4.78, 5) is 3.22. The predicted octanol–water partition coefficient (Wildman–Crippen LogP) is 5.06. The van der Waals surface area contributed by atoms with Gasteiger partial charge < -0.3 is 9.55 Å². The second-order valence-electron chi connectivity index (χ2n) is 7.30. The lowest BCUT2D eigenvalue weighted by molar-refractivity contribution is 0.266. The molecule has 3 heteroatoms. The second-order valence-corrected chi connectivity index (χ2v) is 7.68. The van der Waals surface area contributed by atoms with E-state index >= 15 is 0 Å². The number of hydrogen-bond acceptors (Lipinski definition) is 1. The molecule has 1 aliphatic rings. The lowest BCUT2D eigenvalue weighted by Gasteiger charge is -2.27. The van der Waals surface area contributed by atoms with E-state index in [1.807, 2.05) is 0 Å². The largest absolute Gasteiger partial charge is 0.337 e. The summed E-state index contributed by atoms with van der Waals surface area (Å²) in [5.74, 6) is 1.84. The smallest absolute Gasteiger partial charge is 0.177 e. The molecule has 0 radical (unpaired) electrons. The third kappa shape index (κ3) is 3.71. The Morgan fingerprint density at radius 3 is 2.47 bits per heavy atom. The zero-order valence-electron chi connectivity index (χ0n) is 12.8. The monoisotopic (exact) mass is 280 g/mol. The van der Waals surface area contributed by atoms with Crippen LogP contribution in [0.4, 0.5) is 0 Å². The van der Waals surface area contributed by atoms with E-state index < -0.39 is 0 Å². The van der Waals surface area contributed by atoms with E-state index in [1.54, 1.807) is 0 Å². The molecule has 1 fully saturated rings. The summed E-state index contributed by atoms with van der Waals surface area (Å²) >= 11 is 5.43. The Balaban J connectivity index is 2.00. The van der Waals surface area contributed by atoms with Gasteiger partial charge in [-0.2, -0.15) is 0 Å². The fourth-order valence-electron chi connectivity index (χ4n) is 3.17. The number of aromatic nitrogens is 2. The number of H-pyrrole nitrogens is 1. The van der Waals surface area contributed by atoms with Gasteiger partial charge in [-0.05, 0) is 30.5 Å². The highest BCUT2D eigenvalue weighted by Gasteiger charge is 2.21. The van der Waals surface area contributed by atoms with E-state index in [0.717, 1.165) is 23.2 Å². The van der Waals surface area contributed by atoms with Crippen molar-refractivity contribution in [2.75, 3.05) is 0 Å². The van der Waals surface area contributed by atoms with Gasteiger partial charge in [-0.15, -0.1) is 0 Å². The van der Waals surface area contributed by atoms with Crippen LogP contribution in [0.25, 0.3) is 0 Å². The Labute approximate surface area is 122 Å². The molecule has 1 aromatic heterocycles. The molecule has 0 bridgehead atoms. The Morgan fingerprint density at radius 1 is 1.26 bits per heavy atom. The van der Waals surface area contributed by atoms with Gasteiger partial charge in [0.25, 0.3) is 0 Å². The Kier molecular flexibility index (Phi) is 4.54. The molecule has 0 amide bonds. The SMILES string of the molecule is CC1CCC(CCn2c(C(C)(C)C)c[nH]c2=S)CC1. The highest BCUT2D eigenvalue weighted by atomic mass is 32.1. The first-order valence-electron chi connectivity index (χ1n) is 7.66. The van der Waals surface area contributed by atoms with Crippen molar-refractivity contribution >= 4 is 12.2 Å². The topological polar surface area (TPSA) is 20.7 Å². The molecule has 1 aliphatic carbocycles. The van der Waals surface area contributed by atoms with Crippen LogP contribution >= 0.6 is 12.2 Å². The van der Waals surface area contributed by atoms with Crippen molar-refractivity contribution in [2.24, 2.45) is 11.8 Å². The summed E-state index contributed by atoms with van der Waals surface area (Å²) in [7, 11) is 0. The zero-order chi connectivity index (χ0) is 14.0. The van der Waals surface area contributed by atoms with Crippen molar-refractivity contribution < 1.29 is 0 Å². The third-order valence-electron chi connectivity index (χ3n) is 4.53. The van der Waals surface area contributed by atoms with Crippen LogP contribution in [-0.4, -0.2) is 9.55 Å². The van der Waals surface area contributed by atoms with Gasteiger partial charge >= 0.3 is 0 Å². The van der Waals surface area contributed by atoms with Crippen LogP contribution in [0.15, 0.2) is 6.20 Å². The number of rotatable bonds is 3. The lowest BCUT2D eigenvalue weighted by Crippen LogP contribution is -2.20. The van der Waals surface area contributed by atoms with E-state index in [2.05, 4.69) is 43.4 Å². The first-order chi connectivity index (χ1) is 8.88. The van der Waals surface area contributed by atoms with E-state index in [-0.39, 0.29) is 5.41 Å². The Hall–Kier alpha value is -0.570. The van der Waals surface area contributed by atoms with Gasteiger partial charge in [0.1, 0.15) is 0 Å². The molecule has 19 heavy (non-hydrogen) atoms. The first kappa shape index (κ1) is 14.8. The minimum atomic E-state index is 0.161. The summed E-state index contributed by atoms with van der Waals surface area (Å²) in [5, 5.41) is 0. The van der Waals surface area contributed by atoms with Gasteiger partial charge in [0.15, 0.2) is 4.77 Å². The lowest BCUT2D eigenvalue weighted by atomic mass is 9.81. The molecular weight excluding hydrogens is 252 g/mol. The molecule has 0 spiro atoms. The fourth-order valence-corrected chi connectivity index (χ4v) is 3.42. The summed E-state index contributed by atoms with van der Waals surface area (Å²) in [6, 6.07) is 0. The molecule has 108 valence electrons. The van der Waals surface area contributed by atoms with Gasteiger partial charge in [-0.3, -0.25) is 0 Å². The van der Waals surface area contributed by atoms with Crippen LogP contribution in [0.2, 0.25) is 0 Å². The van der Waals surface area contributed by atoms with Crippen molar-refractivity contribution in [1.29, 1.82) is 0 Å². The molecule has 0 aliphatic heterocycles. The van der Waals surface area contributed by atoms with Crippen LogP contribution in [-0.2, 0) is 12.0 Å². The third-order valence-corrected chi connectivity index (χ3v) is 4.87. The Morgan fingerprint density at radius 2 is 1.89 bits per heavy atom. The summed E-state index contributed by atoms with van der Waals surface area (Å²) in [6.45, 7) is 10.2. The molecule has 2 nitrogen and oxygen atoms in total. The first-order valence-corrected chi connectivity index (χ1v) is 8.07. The normalized spacial score (nSPS) is 24.6. The maximum atomic E-state index is 5.43. The number of hydrogen-bond donors (Lipinski definition) is 1. The minimum absolute atomic E-state index is 0.161. The van der Waals surface area contributed by atoms with E-state index in [4.69, 9.17) is 12.2 Å². The zero-order valence-corrected chi connectivity index (χ0v) is 13.6. The number of nitrogens with zero attached hydrogens (tertiary/aromatic N) is 1. The number of nitrogens with one attached hydrogen (secondary N) is 1. The molecule has 1 N–H and O–H groups in total. The van der Waals surface area contributed by atoms with Crippen molar-refractivity contribution in [1.82, 2.24) is 9.55 Å². The summed E-state index contributed by atoms with van der Waals surface area (Å²) in [5.41, 5.74) is 1.50. The summed E-state index contributed by atoms with van der Waals surface area (Å²) < 4.78 is 3.20. The van der Waals surface area contributed by atoms with Crippen molar-refractivity contribution in [3.8, 4) is 0 Å². The van der Waals surface area contributed by atoms with Gasteiger partial charge in [0, 0.05) is 23.9 Å². The number of aromatic amines is 1. The van der Waals surface area contributed by atoms with Crippen LogP contribution in [0, 0.1) is 16.6 Å². The maximum absolute atomic E-state index is 5.43. The molecule has 2 rings (SSSR count). The predicted molar refractivity (Wildman–Crippen MR) is 84.1 cm³/mol. The number of imidazole rings is 1. The van der Waals surface area contributed by atoms with Crippen LogP contribution < -0.4 is 0 Å². The molecule has 0 aromatic carbocycles. The van der Waals surface area contributed by atoms with Crippen molar-refractivity contribution in [2.45, 2.75) is 71.8 Å². The average Bonchev–Trinajstić information content (AvgIpc) is 2.70.